The molecule has 2 rings (SSSR count). The van der Waals surface area contributed by atoms with Gasteiger partial charge in [-0.25, -0.2) is 4.79 Å². The fraction of sp³-hybridized carbons (Fsp3) is 0.222. The summed E-state index contributed by atoms with van der Waals surface area (Å²) >= 11 is 0. The molecule has 0 fully saturated rings. The minimum Gasteiger partial charge on any atom is -0.495 e. The standard InChI is InChI=1S/C18H19NO5/c1-3-23-15-10-6-4-8-13(15)18(21)24-12-17(20)19-14-9-5-7-11-16(14)22-2/h4-11H,3,12H2,1-2H3,(H,19,20). The third-order valence-corrected chi connectivity index (χ3v) is 3.12. The summed E-state index contributed by atoms with van der Waals surface area (Å²) in [6, 6.07) is 13.7. The highest BCUT2D eigenvalue weighted by molar-refractivity contribution is 5.97. The third kappa shape index (κ3) is 4.49. The van der Waals surface area contributed by atoms with E-state index in [1.807, 2.05) is 6.92 Å². The van der Waals surface area contributed by atoms with E-state index in [0.717, 1.165) is 0 Å². The van der Waals surface area contributed by atoms with Crippen LogP contribution in [0.3, 0.4) is 0 Å². The van der Waals surface area contributed by atoms with Gasteiger partial charge in [0.25, 0.3) is 5.91 Å². The van der Waals surface area contributed by atoms with E-state index in [1.165, 1.54) is 7.11 Å². The van der Waals surface area contributed by atoms with Crippen molar-refractivity contribution in [3.8, 4) is 11.5 Å². The normalized spacial score (nSPS) is 9.92. The molecule has 0 spiro atoms. The minimum atomic E-state index is -0.616. The number of nitrogens with one attached hydrogen (secondary N) is 1. The number of carbonyl (C=O) groups is 2. The second-order valence-corrected chi connectivity index (χ2v) is 4.75. The van der Waals surface area contributed by atoms with Crippen molar-refractivity contribution < 1.29 is 23.8 Å². The second kappa shape index (κ2) is 8.57. The van der Waals surface area contributed by atoms with Gasteiger partial charge in [-0.05, 0) is 31.2 Å². The number of methoxy groups -OCH3 is 1. The predicted octanol–water partition coefficient (Wildman–Crippen LogP) is 2.89. The molecule has 0 bridgehead atoms. The summed E-state index contributed by atoms with van der Waals surface area (Å²) in [4.78, 5) is 24.1. The topological polar surface area (TPSA) is 73.9 Å². The van der Waals surface area contributed by atoms with E-state index in [2.05, 4.69) is 5.32 Å². The summed E-state index contributed by atoms with van der Waals surface area (Å²) in [7, 11) is 1.51. The summed E-state index contributed by atoms with van der Waals surface area (Å²) < 4.78 is 15.6. The molecular weight excluding hydrogens is 310 g/mol. The van der Waals surface area contributed by atoms with Crippen molar-refractivity contribution in [2.45, 2.75) is 6.92 Å². The Morgan fingerprint density at radius 2 is 1.67 bits per heavy atom. The molecule has 126 valence electrons. The summed E-state index contributed by atoms with van der Waals surface area (Å²) in [6.07, 6.45) is 0. The van der Waals surface area contributed by atoms with Crippen molar-refractivity contribution in [2.75, 3.05) is 25.6 Å². The molecule has 1 amide bonds. The first kappa shape index (κ1) is 17.3. The summed E-state index contributed by atoms with van der Waals surface area (Å²) in [5.41, 5.74) is 0.792. The number of hydrogen-bond donors (Lipinski definition) is 1. The van der Waals surface area contributed by atoms with Crippen LogP contribution in [-0.4, -0.2) is 32.2 Å². The van der Waals surface area contributed by atoms with Crippen LogP contribution in [0.25, 0.3) is 0 Å². The first-order valence-corrected chi connectivity index (χ1v) is 7.47. The molecule has 0 aromatic heterocycles. The predicted molar refractivity (Wildman–Crippen MR) is 89.5 cm³/mol. The molecule has 2 aromatic carbocycles. The largest absolute Gasteiger partial charge is 0.495 e. The smallest absolute Gasteiger partial charge is 0.342 e. The Labute approximate surface area is 140 Å². The van der Waals surface area contributed by atoms with E-state index in [4.69, 9.17) is 14.2 Å². The summed E-state index contributed by atoms with van der Waals surface area (Å²) in [5.74, 6) is -0.120. The molecule has 2 aromatic rings. The SMILES string of the molecule is CCOc1ccccc1C(=O)OCC(=O)Nc1ccccc1OC. The third-order valence-electron chi connectivity index (χ3n) is 3.12. The number of anilines is 1. The maximum absolute atomic E-state index is 12.1. The van der Waals surface area contributed by atoms with Crippen molar-refractivity contribution in [1.82, 2.24) is 0 Å². The zero-order valence-corrected chi connectivity index (χ0v) is 13.6. The Hall–Kier alpha value is -3.02. The molecule has 0 unspecified atom stereocenters. The number of amides is 1. The molecule has 0 saturated heterocycles. The van der Waals surface area contributed by atoms with Gasteiger partial charge in [-0.3, -0.25) is 4.79 Å². The van der Waals surface area contributed by atoms with Crippen LogP contribution in [0, 0.1) is 0 Å². The van der Waals surface area contributed by atoms with Gasteiger partial charge in [-0.2, -0.15) is 0 Å². The van der Waals surface area contributed by atoms with Crippen molar-refractivity contribution in [1.29, 1.82) is 0 Å². The van der Waals surface area contributed by atoms with Gasteiger partial charge in [0.1, 0.15) is 17.1 Å². The zero-order chi connectivity index (χ0) is 17.4. The van der Waals surface area contributed by atoms with E-state index in [1.54, 1.807) is 48.5 Å². The number of ether oxygens (including phenoxy) is 3. The zero-order valence-electron chi connectivity index (χ0n) is 13.6. The lowest BCUT2D eigenvalue weighted by molar-refractivity contribution is -0.119. The Bertz CT molecular complexity index is 714. The molecule has 0 heterocycles. The molecule has 0 aliphatic rings. The molecule has 6 nitrogen and oxygen atoms in total. The molecule has 0 saturated carbocycles. The highest BCUT2D eigenvalue weighted by Gasteiger charge is 2.15. The Morgan fingerprint density at radius 3 is 2.38 bits per heavy atom. The number of para-hydroxylation sites is 3. The van der Waals surface area contributed by atoms with Gasteiger partial charge < -0.3 is 19.5 Å². The van der Waals surface area contributed by atoms with Gasteiger partial charge >= 0.3 is 5.97 Å². The first-order valence-electron chi connectivity index (χ1n) is 7.47. The van der Waals surface area contributed by atoms with Crippen LogP contribution in [0.2, 0.25) is 0 Å². The quantitative estimate of drug-likeness (QED) is 0.791. The average molecular weight is 329 g/mol. The Kier molecular flexibility index (Phi) is 6.19. The first-order chi connectivity index (χ1) is 11.7. The Morgan fingerprint density at radius 1 is 1.00 bits per heavy atom. The average Bonchev–Trinajstić information content (AvgIpc) is 2.61. The molecular formula is C18H19NO5. The van der Waals surface area contributed by atoms with Crippen LogP contribution in [0.4, 0.5) is 5.69 Å². The maximum atomic E-state index is 12.1. The maximum Gasteiger partial charge on any atom is 0.342 e. The number of carbonyl (C=O) groups excluding carboxylic acids is 2. The lowest BCUT2D eigenvalue weighted by Gasteiger charge is -2.11. The number of benzene rings is 2. The monoisotopic (exact) mass is 329 g/mol. The fourth-order valence-electron chi connectivity index (χ4n) is 2.06. The van der Waals surface area contributed by atoms with Crippen LogP contribution < -0.4 is 14.8 Å². The van der Waals surface area contributed by atoms with Gasteiger partial charge in [0.05, 0.1) is 19.4 Å². The lowest BCUT2D eigenvalue weighted by Crippen LogP contribution is -2.21. The van der Waals surface area contributed by atoms with Gasteiger partial charge in [-0.15, -0.1) is 0 Å². The molecule has 6 heteroatoms. The summed E-state index contributed by atoms with van der Waals surface area (Å²) in [6.45, 7) is 1.85. The van der Waals surface area contributed by atoms with Gasteiger partial charge in [0.15, 0.2) is 6.61 Å². The van der Waals surface area contributed by atoms with E-state index >= 15 is 0 Å². The van der Waals surface area contributed by atoms with E-state index in [9.17, 15) is 9.59 Å². The second-order valence-electron chi connectivity index (χ2n) is 4.75. The molecule has 1 N–H and O–H groups in total. The number of esters is 1. The Balaban J connectivity index is 1.95. The van der Waals surface area contributed by atoms with Crippen molar-refractivity contribution in [3.63, 3.8) is 0 Å². The molecule has 24 heavy (non-hydrogen) atoms. The molecule has 0 aliphatic carbocycles. The molecule has 0 radical (unpaired) electrons. The van der Waals surface area contributed by atoms with E-state index in [-0.39, 0.29) is 5.56 Å². The van der Waals surface area contributed by atoms with Crippen LogP contribution in [0.5, 0.6) is 11.5 Å². The van der Waals surface area contributed by atoms with Crippen LogP contribution in [0.1, 0.15) is 17.3 Å². The van der Waals surface area contributed by atoms with Gasteiger partial charge in [0.2, 0.25) is 0 Å². The van der Waals surface area contributed by atoms with Crippen LogP contribution >= 0.6 is 0 Å². The van der Waals surface area contributed by atoms with Gasteiger partial charge in [-0.1, -0.05) is 24.3 Å². The highest BCUT2D eigenvalue weighted by Crippen LogP contribution is 2.23. The fourth-order valence-corrected chi connectivity index (χ4v) is 2.06. The number of hydrogen-bond acceptors (Lipinski definition) is 5. The van der Waals surface area contributed by atoms with Crippen LogP contribution in [0.15, 0.2) is 48.5 Å². The van der Waals surface area contributed by atoms with E-state index < -0.39 is 18.5 Å². The van der Waals surface area contributed by atoms with Crippen molar-refractivity contribution in [2.24, 2.45) is 0 Å². The van der Waals surface area contributed by atoms with Gasteiger partial charge in [0, 0.05) is 0 Å². The van der Waals surface area contributed by atoms with Crippen molar-refractivity contribution in [3.05, 3.63) is 54.1 Å². The highest BCUT2D eigenvalue weighted by atomic mass is 16.5. The molecule has 0 atom stereocenters. The van der Waals surface area contributed by atoms with Crippen LogP contribution in [-0.2, 0) is 9.53 Å². The summed E-state index contributed by atoms with van der Waals surface area (Å²) in [5, 5.41) is 2.64. The minimum absolute atomic E-state index is 0.282. The molecule has 0 aliphatic heterocycles. The van der Waals surface area contributed by atoms with Crippen molar-refractivity contribution >= 4 is 17.6 Å². The lowest BCUT2D eigenvalue weighted by atomic mass is 10.2. The van der Waals surface area contributed by atoms with E-state index in [0.29, 0.717) is 23.8 Å². The number of rotatable bonds is 7.